The number of ether oxygens (including phenoxy) is 1. The van der Waals surface area contributed by atoms with E-state index in [0.717, 1.165) is 25.2 Å². The van der Waals surface area contributed by atoms with Gasteiger partial charge in [0.25, 0.3) is 0 Å². The summed E-state index contributed by atoms with van der Waals surface area (Å²) >= 11 is 5.85. The second-order valence-electron chi connectivity index (χ2n) is 6.52. The number of hydrogen-bond donors (Lipinski definition) is 0. The molecule has 1 aliphatic rings. The first kappa shape index (κ1) is 16.8. The molecular formula is C15H23ClN4O2. The zero-order valence-electron chi connectivity index (χ0n) is 13.5. The lowest BCUT2D eigenvalue weighted by molar-refractivity contribution is 0.0209. The number of amides is 1. The summed E-state index contributed by atoms with van der Waals surface area (Å²) in [7, 11) is 1.79. The van der Waals surface area contributed by atoms with Crippen molar-refractivity contribution in [1.29, 1.82) is 0 Å². The molecule has 0 saturated carbocycles. The maximum Gasteiger partial charge on any atom is 0.410 e. The fourth-order valence-corrected chi connectivity index (χ4v) is 2.61. The number of carbonyl (C=O) groups excluding carboxylic acids is 1. The Morgan fingerprint density at radius 2 is 2.23 bits per heavy atom. The average molecular weight is 327 g/mol. The average Bonchev–Trinajstić information content (AvgIpc) is 2.45. The van der Waals surface area contributed by atoms with E-state index in [0.29, 0.717) is 6.54 Å². The molecule has 0 aliphatic carbocycles. The minimum absolute atomic E-state index is 0.0948. The van der Waals surface area contributed by atoms with Crippen LogP contribution >= 0.6 is 11.6 Å². The quantitative estimate of drug-likeness (QED) is 0.782. The summed E-state index contributed by atoms with van der Waals surface area (Å²) in [6.07, 6.45) is 3.29. The number of piperidine rings is 1. The first-order valence-corrected chi connectivity index (χ1v) is 7.83. The van der Waals surface area contributed by atoms with Gasteiger partial charge in [0.1, 0.15) is 11.4 Å². The lowest BCUT2D eigenvalue weighted by Crippen LogP contribution is -2.50. The molecule has 1 aromatic heterocycles. The van der Waals surface area contributed by atoms with E-state index in [1.807, 2.05) is 26.8 Å². The third-order valence-corrected chi connectivity index (χ3v) is 3.74. The van der Waals surface area contributed by atoms with Crippen LogP contribution in [0.5, 0.6) is 0 Å². The summed E-state index contributed by atoms with van der Waals surface area (Å²) in [5, 5.41) is 0.236. The van der Waals surface area contributed by atoms with Gasteiger partial charge in [-0.1, -0.05) is 0 Å². The van der Waals surface area contributed by atoms with Gasteiger partial charge < -0.3 is 14.5 Å². The fraction of sp³-hybridized carbons (Fsp3) is 0.667. The molecule has 0 N–H and O–H groups in total. The monoisotopic (exact) mass is 326 g/mol. The molecule has 1 saturated heterocycles. The number of nitrogens with zero attached hydrogens (tertiary/aromatic N) is 4. The Morgan fingerprint density at radius 3 is 2.86 bits per heavy atom. The first-order chi connectivity index (χ1) is 10.3. The topological polar surface area (TPSA) is 58.6 Å². The van der Waals surface area contributed by atoms with Gasteiger partial charge in [-0.05, 0) is 51.3 Å². The number of anilines is 1. The molecule has 1 aliphatic heterocycles. The van der Waals surface area contributed by atoms with Crippen LogP contribution in [0.1, 0.15) is 33.6 Å². The maximum absolute atomic E-state index is 12.2. The van der Waals surface area contributed by atoms with Gasteiger partial charge in [-0.15, -0.1) is 0 Å². The van der Waals surface area contributed by atoms with Crippen molar-refractivity contribution in [1.82, 2.24) is 14.9 Å². The largest absolute Gasteiger partial charge is 0.444 e. The van der Waals surface area contributed by atoms with Crippen LogP contribution in [-0.4, -0.2) is 52.7 Å². The zero-order valence-corrected chi connectivity index (χ0v) is 14.3. The van der Waals surface area contributed by atoms with Crippen molar-refractivity contribution >= 4 is 23.5 Å². The highest BCUT2D eigenvalue weighted by atomic mass is 35.5. The van der Waals surface area contributed by atoms with E-state index < -0.39 is 5.60 Å². The third-order valence-electron chi connectivity index (χ3n) is 3.56. The second kappa shape index (κ2) is 6.69. The molecular weight excluding hydrogens is 304 g/mol. The van der Waals surface area contributed by atoms with E-state index in [1.54, 1.807) is 18.1 Å². The normalized spacial score (nSPS) is 19.0. The van der Waals surface area contributed by atoms with Crippen molar-refractivity contribution in [3.05, 3.63) is 17.5 Å². The lowest BCUT2D eigenvalue weighted by atomic mass is 10.0. The van der Waals surface area contributed by atoms with Crippen molar-refractivity contribution in [3.8, 4) is 0 Å². The van der Waals surface area contributed by atoms with Crippen molar-refractivity contribution in [2.75, 3.05) is 25.0 Å². The smallest absolute Gasteiger partial charge is 0.410 e. The number of aromatic nitrogens is 2. The van der Waals surface area contributed by atoms with E-state index in [9.17, 15) is 4.79 Å². The predicted molar refractivity (Wildman–Crippen MR) is 86.3 cm³/mol. The fourth-order valence-electron chi connectivity index (χ4n) is 2.46. The number of hydrogen-bond acceptors (Lipinski definition) is 5. The van der Waals surface area contributed by atoms with Crippen molar-refractivity contribution in [2.24, 2.45) is 0 Å². The molecule has 122 valence electrons. The Hall–Kier alpha value is -1.56. The van der Waals surface area contributed by atoms with E-state index in [-0.39, 0.29) is 17.4 Å². The molecule has 6 nitrogen and oxygen atoms in total. The summed E-state index contributed by atoms with van der Waals surface area (Å²) in [5.74, 6) is 0.794. The SMILES string of the molecule is CN(C(=O)OC(C)(C)C)[C@@H]1CCCN(c2ccnc(Cl)n2)C1. The van der Waals surface area contributed by atoms with Gasteiger partial charge in [0, 0.05) is 26.3 Å². The summed E-state index contributed by atoms with van der Waals surface area (Å²) in [4.78, 5) is 24.1. The minimum Gasteiger partial charge on any atom is -0.444 e. The van der Waals surface area contributed by atoms with Crippen LogP contribution in [0.25, 0.3) is 0 Å². The summed E-state index contributed by atoms with van der Waals surface area (Å²) in [5.41, 5.74) is -0.486. The summed E-state index contributed by atoms with van der Waals surface area (Å²) < 4.78 is 5.43. The van der Waals surface area contributed by atoms with Crippen LogP contribution < -0.4 is 4.90 Å². The van der Waals surface area contributed by atoms with Crippen LogP contribution in [0.15, 0.2) is 12.3 Å². The number of likely N-dealkylation sites (N-methyl/N-ethyl adjacent to an activating group) is 1. The van der Waals surface area contributed by atoms with Crippen LogP contribution in [0.4, 0.5) is 10.6 Å². The van der Waals surface area contributed by atoms with Gasteiger partial charge in [0.05, 0.1) is 6.04 Å². The molecule has 1 amide bonds. The van der Waals surface area contributed by atoms with Crippen LogP contribution in [0.3, 0.4) is 0 Å². The summed E-state index contributed by atoms with van der Waals surface area (Å²) in [6.45, 7) is 7.22. The number of carbonyl (C=O) groups is 1. The summed E-state index contributed by atoms with van der Waals surface area (Å²) in [6, 6.07) is 1.93. The molecule has 1 aromatic rings. The second-order valence-corrected chi connectivity index (χ2v) is 6.86. The molecule has 1 atom stereocenters. The van der Waals surface area contributed by atoms with Crippen LogP contribution in [0.2, 0.25) is 5.28 Å². The van der Waals surface area contributed by atoms with Gasteiger partial charge in [-0.25, -0.2) is 14.8 Å². The van der Waals surface area contributed by atoms with Gasteiger partial charge >= 0.3 is 6.09 Å². The molecule has 0 unspecified atom stereocenters. The number of halogens is 1. The highest BCUT2D eigenvalue weighted by Crippen LogP contribution is 2.22. The highest BCUT2D eigenvalue weighted by molar-refractivity contribution is 6.28. The van der Waals surface area contributed by atoms with E-state index in [2.05, 4.69) is 14.9 Å². The maximum atomic E-state index is 12.2. The Labute approximate surface area is 136 Å². The van der Waals surface area contributed by atoms with Gasteiger partial charge in [0.15, 0.2) is 0 Å². The molecule has 2 heterocycles. The number of rotatable bonds is 2. The molecule has 0 spiro atoms. The van der Waals surface area contributed by atoms with E-state index in [1.165, 1.54) is 0 Å². The zero-order chi connectivity index (χ0) is 16.3. The lowest BCUT2D eigenvalue weighted by Gasteiger charge is -2.38. The van der Waals surface area contributed by atoms with Gasteiger partial charge in [-0.3, -0.25) is 0 Å². The van der Waals surface area contributed by atoms with E-state index in [4.69, 9.17) is 16.3 Å². The van der Waals surface area contributed by atoms with E-state index >= 15 is 0 Å². The van der Waals surface area contributed by atoms with Gasteiger partial charge in [-0.2, -0.15) is 0 Å². The highest BCUT2D eigenvalue weighted by Gasteiger charge is 2.29. The van der Waals surface area contributed by atoms with Crippen molar-refractivity contribution in [3.63, 3.8) is 0 Å². The molecule has 7 heteroatoms. The van der Waals surface area contributed by atoms with Crippen LogP contribution in [-0.2, 0) is 4.74 Å². The Balaban J connectivity index is 2.02. The molecule has 22 heavy (non-hydrogen) atoms. The Morgan fingerprint density at radius 1 is 1.50 bits per heavy atom. The Bertz CT molecular complexity index is 533. The predicted octanol–water partition coefficient (Wildman–Crippen LogP) is 2.97. The third kappa shape index (κ3) is 4.47. The molecule has 2 rings (SSSR count). The first-order valence-electron chi connectivity index (χ1n) is 7.45. The molecule has 0 radical (unpaired) electrons. The van der Waals surface area contributed by atoms with Crippen molar-refractivity contribution < 1.29 is 9.53 Å². The molecule has 0 aromatic carbocycles. The Kier molecular flexibility index (Phi) is 5.11. The van der Waals surface area contributed by atoms with Gasteiger partial charge in [0.2, 0.25) is 5.28 Å². The molecule has 0 bridgehead atoms. The standard InChI is InChI=1S/C15H23ClN4O2/c1-15(2,3)22-14(21)19(4)11-6-5-9-20(10-11)12-7-8-17-13(16)18-12/h7-8,11H,5-6,9-10H2,1-4H3/t11-/m1/s1. The minimum atomic E-state index is -0.486. The van der Waals surface area contributed by atoms with Crippen LogP contribution in [0, 0.1) is 0 Å². The molecule has 1 fully saturated rings. The van der Waals surface area contributed by atoms with Crippen molar-refractivity contribution in [2.45, 2.75) is 45.3 Å².